The lowest BCUT2D eigenvalue weighted by molar-refractivity contribution is 0.102. The molecule has 1 amide bonds. The van der Waals surface area contributed by atoms with E-state index in [-0.39, 0.29) is 22.2 Å². The second kappa shape index (κ2) is 7.75. The van der Waals surface area contributed by atoms with Gasteiger partial charge >= 0.3 is 0 Å². The number of hydrogen-bond donors (Lipinski definition) is 3. The van der Waals surface area contributed by atoms with Gasteiger partial charge in [0.15, 0.2) is 0 Å². The van der Waals surface area contributed by atoms with Crippen molar-refractivity contribution in [3.8, 4) is 0 Å². The Hall–Kier alpha value is -2.29. The number of fused-ring (bicyclic) bond motifs is 1. The first-order valence-corrected chi connectivity index (χ1v) is 10.2. The molecule has 2 aromatic carbocycles. The van der Waals surface area contributed by atoms with Crippen LogP contribution >= 0.6 is 0 Å². The molecule has 1 aliphatic rings. The molecule has 3 rings (SSSR count). The minimum absolute atomic E-state index is 0.0696. The average Bonchev–Trinajstić information content (AvgIpc) is 2.63. The molecule has 1 heterocycles. The summed E-state index contributed by atoms with van der Waals surface area (Å²) >= 11 is 0. The molecule has 0 fully saturated rings. The van der Waals surface area contributed by atoms with Gasteiger partial charge in [-0.25, -0.2) is 17.5 Å². The van der Waals surface area contributed by atoms with Gasteiger partial charge in [0.1, 0.15) is 5.82 Å². The van der Waals surface area contributed by atoms with Crippen LogP contribution in [0.1, 0.15) is 35.3 Å². The summed E-state index contributed by atoms with van der Waals surface area (Å²) in [4.78, 5) is 12.5. The van der Waals surface area contributed by atoms with Crippen molar-refractivity contribution in [1.82, 2.24) is 10.0 Å². The molecule has 0 saturated heterocycles. The normalized spacial score (nSPS) is 14.1. The van der Waals surface area contributed by atoms with Crippen molar-refractivity contribution in [1.29, 1.82) is 0 Å². The maximum Gasteiger partial charge on any atom is 0.255 e. The zero-order chi connectivity index (χ0) is 19.6. The summed E-state index contributed by atoms with van der Waals surface area (Å²) in [5.74, 6) is -0.911. The number of benzene rings is 2. The molecule has 144 valence electrons. The van der Waals surface area contributed by atoms with E-state index in [4.69, 9.17) is 0 Å². The Morgan fingerprint density at radius 1 is 1.15 bits per heavy atom. The van der Waals surface area contributed by atoms with Crippen molar-refractivity contribution in [2.75, 3.05) is 11.9 Å². The van der Waals surface area contributed by atoms with E-state index in [2.05, 4.69) is 15.4 Å². The summed E-state index contributed by atoms with van der Waals surface area (Å²) in [5, 5.41) is 5.74. The first-order chi connectivity index (χ1) is 12.8. The lowest BCUT2D eigenvalue weighted by Gasteiger charge is -2.19. The number of anilines is 1. The van der Waals surface area contributed by atoms with Gasteiger partial charge in [0.2, 0.25) is 10.0 Å². The largest absolute Gasteiger partial charge is 0.319 e. The molecule has 0 aromatic heterocycles. The number of rotatable bonds is 5. The number of amides is 1. The van der Waals surface area contributed by atoms with E-state index < -0.39 is 21.7 Å². The van der Waals surface area contributed by atoms with Crippen LogP contribution in [0.25, 0.3) is 0 Å². The number of nitrogens with one attached hydrogen (secondary N) is 3. The maximum absolute atomic E-state index is 14.6. The Balaban J connectivity index is 1.77. The maximum atomic E-state index is 14.6. The number of halogens is 1. The van der Waals surface area contributed by atoms with Gasteiger partial charge in [-0.05, 0) is 68.3 Å². The molecule has 3 N–H and O–H groups in total. The Bertz CT molecular complexity index is 957. The Morgan fingerprint density at radius 2 is 1.85 bits per heavy atom. The van der Waals surface area contributed by atoms with Crippen LogP contribution in [0.5, 0.6) is 0 Å². The first kappa shape index (κ1) is 19.5. The van der Waals surface area contributed by atoms with Crippen LogP contribution in [0, 0.1) is 5.82 Å². The third-order valence-electron chi connectivity index (χ3n) is 4.27. The summed E-state index contributed by atoms with van der Waals surface area (Å²) in [6, 6.07) is 8.63. The summed E-state index contributed by atoms with van der Waals surface area (Å²) in [7, 11) is -3.63. The van der Waals surface area contributed by atoms with Gasteiger partial charge in [-0.1, -0.05) is 6.07 Å². The molecule has 0 saturated carbocycles. The first-order valence-electron chi connectivity index (χ1n) is 8.72. The highest BCUT2D eigenvalue weighted by Crippen LogP contribution is 2.25. The topological polar surface area (TPSA) is 87.3 Å². The van der Waals surface area contributed by atoms with E-state index in [1.807, 2.05) is 0 Å². The molecule has 2 aromatic rings. The van der Waals surface area contributed by atoms with Crippen molar-refractivity contribution in [3.05, 3.63) is 58.9 Å². The average molecular weight is 391 g/mol. The van der Waals surface area contributed by atoms with Gasteiger partial charge in [-0.15, -0.1) is 0 Å². The highest BCUT2D eigenvalue weighted by atomic mass is 32.2. The fraction of sp³-hybridized carbons (Fsp3) is 0.316. The van der Waals surface area contributed by atoms with E-state index >= 15 is 0 Å². The Morgan fingerprint density at radius 3 is 2.52 bits per heavy atom. The highest BCUT2D eigenvalue weighted by Gasteiger charge is 2.19. The summed E-state index contributed by atoms with van der Waals surface area (Å²) in [5.41, 5.74) is 1.88. The molecule has 0 atom stereocenters. The van der Waals surface area contributed by atoms with Crippen molar-refractivity contribution in [2.45, 2.75) is 37.8 Å². The van der Waals surface area contributed by atoms with Gasteiger partial charge in [0, 0.05) is 18.2 Å². The van der Waals surface area contributed by atoms with Crippen molar-refractivity contribution < 1.29 is 17.6 Å². The minimum Gasteiger partial charge on any atom is -0.319 e. The van der Waals surface area contributed by atoms with Gasteiger partial charge in [-0.2, -0.15) is 0 Å². The van der Waals surface area contributed by atoms with E-state index in [0.29, 0.717) is 25.1 Å². The lowest BCUT2D eigenvalue weighted by Crippen LogP contribution is -2.30. The molecular weight excluding hydrogens is 369 g/mol. The van der Waals surface area contributed by atoms with Crippen LogP contribution in [-0.4, -0.2) is 26.9 Å². The second-order valence-electron chi connectivity index (χ2n) is 6.75. The molecule has 0 bridgehead atoms. The fourth-order valence-corrected chi connectivity index (χ4v) is 4.24. The zero-order valence-electron chi connectivity index (χ0n) is 15.2. The smallest absolute Gasteiger partial charge is 0.255 e. The van der Waals surface area contributed by atoms with Gasteiger partial charge in [0.25, 0.3) is 5.91 Å². The van der Waals surface area contributed by atoms with Gasteiger partial charge in [-0.3, -0.25) is 4.79 Å². The Labute approximate surface area is 158 Å². The molecule has 6 nitrogen and oxygen atoms in total. The van der Waals surface area contributed by atoms with Crippen molar-refractivity contribution >= 4 is 21.6 Å². The van der Waals surface area contributed by atoms with Crippen molar-refractivity contribution in [2.24, 2.45) is 0 Å². The van der Waals surface area contributed by atoms with Gasteiger partial charge in [0.05, 0.1) is 10.6 Å². The minimum atomic E-state index is -3.63. The third-order valence-corrected chi connectivity index (χ3v) is 5.95. The predicted octanol–water partition coefficient (Wildman–Crippen LogP) is 2.41. The van der Waals surface area contributed by atoms with Gasteiger partial charge < -0.3 is 10.6 Å². The number of sulfonamides is 1. The van der Waals surface area contributed by atoms with E-state index in [1.165, 1.54) is 24.3 Å². The van der Waals surface area contributed by atoms with Crippen LogP contribution < -0.4 is 15.4 Å². The van der Waals surface area contributed by atoms with E-state index in [0.717, 1.165) is 5.56 Å². The standard InChI is InChI=1S/C19H22FN3O3S/c1-12(2)23-27(25,26)15-6-3-13(4-7-15)19(24)22-17-8-5-14-11-21-10-9-16(14)18(17)20/h3-8,12,21,23H,9-11H2,1-2H3,(H,22,24). The molecule has 27 heavy (non-hydrogen) atoms. The summed E-state index contributed by atoms with van der Waals surface area (Å²) < 4.78 is 41.4. The summed E-state index contributed by atoms with van der Waals surface area (Å²) in [6.45, 7) is 4.76. The lowest BCUT2D eigenvalue weighted by atomic mass is 9.99. The SMILES string of the molecule is CC(C)NS(=O)(=O)c1ccc(C(=O)Nc2ccc3c(c2F)CCNC3)cc1. The fourth-order valence-electron chi connectivity index (χ4n) is 2.99. The van der Waals surface area contributed by atoms with E-state index in [1.54, 1.807) is 26.0 Å². The Kier molecular flexibility index (Phi) is 5.59. The molecule has 8 heteroatoms. The predicted molar refractivity (Wildman–Crippen MR) is 102 cm³/mol. The quantitative estimate of drug-likeness (QED) is 0.731. The number of carbonyl (C=O) groups is 1. The second-order valence-corrected chi connectivity index (χ2v) is 8.46. The van der Waals surface area contributed by atoms with Crippen LogP contribution in [0.4, 0.5) is 10.1 Å². The molecule has 1 aliphatic heterocycles. The van der Waals surface area contributed by atoms with Crippen LogP contribution in [0.3, 0.4) is 0 Å². The molecule has 0 spiro atoms. The zero-order valence-corrected chi connectivity index (χ0v) is 16.0. The third kappa shape index (κ3) is 4.35. The number of hydrogen-bond acceptors (Lipinski definition) is 4. The molecule has 0 unspecified atom stereocenters. The van der Waals surface area contributed by atoms with Crippen LogP contribution in [-0.2, 0) is 23.0 Å². The monoisotopic (exact) mass is 391 g/mol. The summed E-state index contributed by atoms with van der Waals surface area (Å²) in [6.07, 6.45) is 0.570. The molecule has 0 aliphatic carbocycles. The molecule has 0 radical (unpaired) electrons. The van der Waals surface area contributed by atoms with E-state index in [9.17, 15) is 17.6 Å². The highest BCUT2D eigenvalue weighted by molar-refractivity contribution is 7.89. The van der Waals surface area contributed by atoms with Crippen molar-refractivity contribution in [3.63, 3.8) is 0 Å². The van der Waals surface area contributed by atoms with Crippen LogP contribution in [0.2, 0.25) is 0 Å². The number of carbonyl (C=O) groups excluding carboxylic acids is 1. The van der Waals surface area contributed by atoms with Crippen LogP contribution in [0.15, 0.2) is 41.3 Å². The molecular formula is C19H22FN3O3S.